The Labute approximate surface area is 140 Å². The fraction of sp³-hybridized carbons (Fsp3) is 0.100. The lowest BCUT2D eigenvalue weighted by molar-refractivity contribution is 0.0470. The highest BCUT2D eigenvalue weighted by Crippen LogP contribution is 2.25. The zero-order valence-electron chi connectivity index (χ0n) is 13.3. The van der Waals surface area contributed by atoms with Gasteiger partial charge in [0.1, 0.15) is 23.7 Å². The van der Waals surface area contributed by atoms with Crippen molar-refractivity contribution in [2.45, 2.75) is 13.5 Å². The second-order valence-corrected chi connectivity index (χ2v) is 5.35. The van der Waals surface area contributed by atoms with Crippen LogP contribution in [0.4, 0.5) is 0 Å². The Morgan fingerprint density at radius 3 is 2.71 bits per heavy atom. The SMILES string of the molecule is Cc1cccc(COC(=O)c2ccccc2Oc2cccnc2)c1. The molecule has 0 fully saturated rings. The molecule has 24 heavy (non-hydrogen) atoms. The molecule has 0 unspecified atom stereocenters. The molecule has 120 valence electrons. The third-order valence-corrected chi connectivity index (χ3v) is 3.42. The molecule has 0 aliphatic rings. The number of para-hydroxylation sites is 1. The van der Waals surface area contributed by atoms with Gasteiger partial charge in [0, 0.05) is 6.20 Å². The van der Waals surface area contributed by atoms with Crippen LogP contribution >= 0.6 is 0 Å². The number of carbonyl (C=O) groups is 1. The number of pyridine rings is 1. The smallest absolute Gasteiger partial charge is 0.342 e. The Bertz CT molecular complexity index is 831. The number of esters is 1. The zero-order chi connectivity index (χ0) is 16.8. The molecule has 1 heterocycles. The van der Waals surface area contributed by atoms with Crippen molar-refractivity contribution in [2.24, 2.45) is 0 Å². The highest BCUT2D eigenvalue weighted by molar-refractivity contribution is 5.92. The second-order valence-electron chi connectivity index (χ2n) is 5.35. The summed E-state index contributed by atoms with van der Waals surface area (Å²) in [7, 11) is 0. The van der Waals surface area contributed by atoms with Crippen molar-refractivity contribution in [3.05, 3.63) is 89.7 Å². The maximum Gasteiger partial charge on any atom is 0.342 e. The summed E-state index contributed by atoms with van der Waals surface area (Å²) in [6.07, 6.45) is 3.25. The normalized spacial score (nSPS) is 10.2. The minimum atomic E-state index is -0.420. The Morgan fingerprint density at radius 1 is 1.04 bits per heavy atom. The largest absolute Gasteiger partial charge is 0.457 e. The first-order valence-corrected chi connectivity index (χ1v) is 7.62. The van der Waals surface area contributed by atoms with Gasteiger partial charge >= 0.3 is 5.97 Å². The van der Waals surface area contributed by atoms with Crippen LogP contribution in [-0.2, 0) is 11.3 Å². The molecule has 4 nitrogen and oxygen atoms in total. The molecule has 0 saturated carbocycles. The Morgan fingerprint density at radius 2 is 1.92 bits per heavy atom. The van der Waals surface area contributed by atoms with Crippen molar-refractivity contribution in [2.75, 3.05) is 0 Å². The lowest BCUT2D eigenvalue weighted by atomic mass is 10.1. The first-order chi connectivity index (χ1) is 11.7. The molecule has 0 bridgehead atoms. The van der Waals surface area contributed by atoms with Crippen LogP contribution in [0.5, 0.6) is 11.5 Å². The lowest BCUT2D eigenvalue weighted by Crippen LogP contribution is -2.07. The van der Waals surface area contributed by atoms with Gasteiger partial charge in [0.25, 0.3) is 0 Å². The summed E-state index contributed by atoms with van der Waals surface area (Å²) in [5, 5.41) is 0. The first kappa shape index (κ1) is 15.7. The van der Waals surface area contributed by atoms with E-state index >= 15 is 0 Å². The average molecular weight is 319 g/mol. The minimum absolute atomic E-state index is 0.224. The van der Waals surface area contributed by atoms with Crippen LogP contribution in [0.2, 0.25) is 0 Å². The number of carbonyl (C=O) groups excluding carboxylic acids is 1. The monoisotopic (exact) mass is 319 g/mol. The first-order valence-electron chi connectivity index (χ1n) is 7.62. The summed E-state index contributed by atoms with van der Waals surface area (Å²) in [4.78, 5) is 16.4. The summed E-state index contributed by atoms with van der Waals surface area (Å²) >= 11 is 0. The van der Waals surface area contributed by atoms with Crippen LogP contribution < -0.4 is 4.74 Å². The number of rotatable bonds is 5. The molecular formula is C20H17NO3. The minimum Gasteiger partial charge on any atom is -0.457 e. The van der Waals surface area contributed by atoms with E-state index in [0.29, 0.717) is 17.1 Å². The van der Waals surface area contributed by atoms with E-state index < -0.39 is 5.97 Å². The molecule has 3 aromatic rings. The topological polar surface area (TPSA) is 48.4 Å². The third kappa shape index (κ3) is 3.98. The van der Waals surface area contributed by atoms with Crippen LogP contribution in [0, 0.1) is 6.92 Å². The Hall–Kier alpha value is -3.14. The van der Waals surface area contributed by atoms with Gasteiger partial charge in [-0.05, 0) is 36.8 Å². The van der Waals surface area contributed by atoms with Crippen molar-refractivity contribution in [1.82, 2.24) is 4.98 Å². The Balaban J connectivity index is 1.73. The molecule has 0 atom stereocenters. The molecule has 0 saturated heterocycles. The van der Waals surface area contributed by atoms with Crippen LogP contribution in [-0.4, -0.2) is 11.0 Å². The third-order valence-electron chi connectivity index (χ3n) is 3.42. The van der Waals surface area contributed by atoms with Gasteiger partial charge in [0.2, 0.25) is 0 Å². The molecule has 1 aromatic heterocycles. The van der Waals surface area contributed by atoms with Crippen molar-refractivity contribution < 1.29 is 14.3 Å². The van der Waals surface area contributed by atoms with E-state index in [-0.39, 0.29) is 6.61 Å². The lowest BCUT2D eigenvalue weighted by Gasteiger charge is -2.11. The number of nitrogens with zero attached hydrogens (tertiary/aromatic N) is 1. The molecule has 0 N–H and O–H groups in total. The standard InChI is InChI=1S/C20H17NO3/c1-15-6-4-7-16(12-15)14-23-20(22)18-9-2-3-10-19(18)24-17-8-5-11-21-13-17/h2-13H,14H2,1H3. The van der Waals surface area contributed by atoms with Gasteiger partial charge in [-0.3, -0.25) is 4.98 Å². The van der Waals surface area contributed by atoms with Gasteiger partial charge in [0.15, 0.2) is 0 Å². The van der Waals surface area contributed by atoms with Gasteiger partial charge in [-0.1, -0.05) is 42.0 Å². The molecule has 2 aromatic carbocycles. The Kier molecular flexibility index (Phi) is 4.87. The van der Waals surface area contributed by atoms with E-state index in [2.05, 4.69) is 4.98 Å². The fourth-order valence-electron chi connectivity index (χ4n) is 2.29. The summed E-state index contributed by atoms with van der Waals surface area (Å²) in [6, 6.07) is 18.4. The van der Waals surface area contributed by atoms with Crippen molar-refractivity contribution in [3.63, 3.8) is 0 Å². The molecule has 3 rings (SSSR count). The summed E-state index contributed by atoms with van der Waals surface area (Å²) < 4.78 is 11.2. The summed E-state index contributed by atoms with van der Waals surface area (Å²) in [6.45, 7) is 2.23. The quantitative estimate of drug-likeness (QED) is 0.648. The van der Waals surface area contributed by atoms with Crippen molar-refractivity contribution in [3.8, 4) is 11.5 Å². The van der Waals surface area contributed by atoms with E-state index in [0.717, 1.165) is 11.1 Å². The van der Waals surface area contributed by atoms with Crippen molar-refractivity contribution >= 4 is 5.97 Å². The zero-order valence-corrected chi connectivity index (χ0v) is 13.3. The number of hydrogen-bond acceptors (Lipinski definition) is 4. The molecular weight excluding hydrogens is 302 g/mol. The fourth-order valence-corrected chi connectivity index (χ4v) is 2.29. The summed E-state index contributed by atoms with van der Waals surface area (Å²) in [5.41, 5.74) is 2.46. The van der Waals surface area contributed by atoms with E-state index in [1.165, 1.54) is 0 Å². The molecule has 0 spiro atoms. The van der Waals surface area contributed by atoms with Crippen LogP contribution in [0.1, 0.15) is 21.5 Å². The van der Waals surface area contributed by atoms with Gasteiger partial charge in [0.05, 0.1) is 6.20 Å². The molecule has 4 heteroatoms. The predicted octanol–water partition coefficient (Wildman–Crippen LogP) is 4.54. The number of aromatic nitrogens is 1. The molecule has 0 radical (unpaired) electrons. The van der Waals surface area contributed by atoms with Gasteiger partial charge in [-0.2, -0.15) is 0 Å². The van der Waals surface area contributed by atoms with E-state index in [4.69, 9.17) is 9.47 Å². The number of benzene rings is 2. The van der Waals surface area contributed by atoms with E-state index in [1.807, 2.05) is 37.3 Å². The molecule has 0 aliphatic carbocycles. The number of hydrogen-bond donors (Lipinski definition) is 0. The average Bonchev–Trinajstić information content (AvgIpc) is 2.61. The molecule has 0 aliphatic heterocycles. The van der Waals surface area contributed by atoms with Crippen LogP contribution in [0.3, 0.4) is 0 Å². The van der Waals surface area contributed by atoms with Crippen LogP contribution in [0.15, 0.2) is 73.1 Å². The number of aryl methyl sites for hydroxylation is 1. The maximum atomic E-state index is 12.4. The molecule has 0 amide bonds. The van der Waals surface area contributed by atoms with Gasteiger partial charge < -0.3 is 9.47 Å². The second kappa shape index (κ2) is 7.42. The van der Waals surface area contributed by atoms with Gasteiger partial charge in [-0.15, -0.1) is 0 Å². The predicted molar refractivity (Wildman–Crippen MR) is 91.1 cm³/mol. The van der Waals surface area contributed by atoms with Crippen LogP contribution in [0.25, 0.3) is 0 Å². The maximum absolute atomic E-state index is 12.4. The van der Waals surface area contributed by atoms with E-state index in [1.54, 1.807) is 42.7 Å². The summed E-state index contributed by atoms with van der Waals surface area (Å²) in [5.74, 6) is 0.590. The van der Waals surface area contributed by atoms with Gasteiger partial charge in [-0.25, -0.2) is 4.79 Å². The number of ether oxygens (including phenoxy) is 2. The highest BCUT2D eigenvalue weighted by atomic mass is 16.5. The van der Waals surface area contributed by atoms with E-state index in [9.17, 15) is 4.79 Å². The van der Waals surface area contributed by atoms with Crippen molar-refractivity contribution in [1.29, 1.82) is 0 Å². The highest BCUT2D eigenvalue weighted by Gasteiger charge is 2.14.